The molecule has 8 nitrogen and oxygen atoms in total. The highest BCUT2D eigenvalue weighted by molar-refractivity contribution is 14.1. The molecule has 226 valence electrons. The van der Waals surface area contributed by atoms with Crippen molar-refractivity contribution >= 4 is 56.2 Å². The minimum atomic E-state index is -1.21. The standard InChI is InChI=1S/C29H51IN4O4Si2/c1-28(2,3)29(27(35)36)12-10-22(11-13-29)24-18-25(34-26(32-24)23(30)19-31-34)33(20-37-14-16-39(4,5)6)21-38-15-17-40(7,8)9/h18-19,22H,10-17,20-21H2,1-9H3,(H,35,36). The van der Waals surface area contributed by atoms with Crippen molar-refractivity contribution in [1.82, 2.24) is 14.6 Å². The first kappa shape index (κ1) is 33.5. The van der Waals surface area contributed by atoms with E-state index in [0.29, 0.717) is 26.3 Å². The van der Waals surface area contributed by atoms with Crippen molar-refractivity contribution in [3.8, 4) is 0 Å². The van der Waals surface area contributed by atoms with Crippen molar-refractivity contribution in [2.75, 3.05) is 31.6 Å². The molecule has 0 atom stereocenters. The maximum Gasteiger partial charge on any atom is 0.310 e. The number of carboxylic acid groups (broad SMARTS) is 1. The number of nitrogens with zero attached hydrogens (tertiary/aromatic N) is 4. The van der Waals surface area contributed by atoms with Gasteiger partial charge in [0.1, 0.15) is 19.3 Å². The number of fused-ring (bicyclic) bond motifs is 1. The number of halogens is 1. The Labute approximate surface area is 256 Å². The van der Waals surface area contributed by atoms with Crippen molar-refractivity contribution < 1.29 is 19.4 Å². The van der Waals surface area contributed by atoms with Crippen LogP contribution in [-0.2, 0) is 14.3 Å². The van der Waals surface area contributed by atoms with Crippen LogP contribution in [0.3, 0.4) is 0 Å². The van der Waals surface area contributed by atoms with Gasteiger partial charge in [0.2, 0.25) is 0 Å². The van der Waals surface area contributed by atoms with Crippen LogP contribution in [0.2, 0.25) is 51.4 Å². The van der Waals surface area contributed by atoms with Crippen LogP contribution in [0.5, 0.6) is 0 Å². The minimum absolute atomic E-state index is 0.201. The fourth-order valence-electron chi connectivity index (χ4n) is 5.34. The average Bonchev–Trinajstić information content (AvgIpc) is 3.21. The van der Waals surface area contributed by atoms with Crippen LogP contribution in [0.4, 0.5) is 5.82 Å². The van der Waals surface area contributed by atoms with Crippen LogP contribution in [0.25, 0.3) is 5.65 Å². The number of hydrogen-bond donors (Lipinski definition) is 1. The third-order valence-electron chi connectivity index (χ3n) is 8.34. The summed E-state index contributed by atoms with van der Waals surface area (Å²) in [5.74, 6) is 0.437. The van der Waals surface area contributed by atoms with Crippen molar-refractivity contribution in [3.63, 3.8) is 0 Å². The lowest BCUT2D eigenvalue weighted by Crippen LogP contribution is -2.45. The smallest absolute Gasteiger partial charge is 0.310 e. The van der Waals surface area contributed by atoms with E-state index < -0.39 is 27.5 Å². The highest BCUT2D eigenvalue weighted by Gasteiger charge is 2.50. The molecule has 0 aromatic carbocycles. The molecule has 0 saturated heterocycles. The molecule has 1 fully saturated rings. The third kappa shape index (κ3) is 8.51. The Kier molecular flexibility index (Phi) is 11.0. The van der Waals surface area contributed by atoms with Gasteiger partial charge in [-0.15, -0.1) is 0 Å². The first-order valence-corrected chi connectivity index (χ1v) is 23.1. The topological polar surface area (TPSA) is 89.2 Å². The van der Waals surface area contributed by atoms with Crippen LogP contribution in [0.1, 0.15) is 58.1 Å². The lowest BCUT2D eigenvalue weighted by Gasteiger charge is -2.45. The van der Waals surface area contributed by atoms with E-state index in [1.165, 1.54) is 0 Å². The molecule has 0 radical (unpaired) electrons. The van der Waals surface area contributed by atoms with Crippen molar-refractivity contribution in [3.05, 3.63) is 21.5 Å². The van der Waals surface area contributed by atoms with E-state index in [0.717, 1.165) is 58.9 Å². The molecule has 3 rings (SSSR count). The summed E-state index contributed by atoms with van der Waals surface area (Å²) in [6.45, 7) is 22.6. The SMILES string of the molecule is CC(C)(C)C1(C(=O)O)CCC(c2cc(N(COCC[Si](C)(C)C)COCC[Si](C)(C)C)n3ncc(I)c3n2)CC1. The summed E-state index contributed by atoms with van der Waals surface area (Å²) < 4.78 is 15.3. The molecule has 1 aliphatic carbocycles. The first-order chi connectivity index (χ1) is 18.4. The van der Waals surface area contributed by atoms with E-state index in [4.69, 9.17) is 14.5 Å². The van der Waals surface area contributed by atoms with Gasteiger partial charge in [0.25, 0.3) is 0 Å². The quantitative estimate of drug-likeness (QED) is 0.0999. The summed E-state index contributed by atoms with van der Waals surface area (Å²) in [7, 11) is -2.41. The number of rotatable bonds is 13. The maximum absolute atomic E-state index is 12.4. The molecular formula is C29H51IN4O4Si2. The summed E-state index contributed by atoms with van der Waals surface area (Å²) in [6.07, 6.45) is 4.76. The van der Waals surface area contributed by atoms with E-state index >= 15 is 0 Å². The van der Waals surface area contributed by atoms with Gasteiger partial charge in [-0.3, -0.25) is 4.79 Å². The van der Waals surface area contributed by atoms with Crippen molar-refractivity contribution in [1.29, 1.82) is 0 Å². The number of carbonyl (C=O) groups is 1. The van der Waals surface area contributed by atoms with Gasteiger partial charge in [0.05, 0.1) is 15.2 Å². The number of hydrogen-bond acceptors (Lipinski definition) is 6. The van der Waals surface area contributed by atoms with Gasteiger partial charge in [-0.05, 0) is 65.8 Å². The Morgan fingerprint density at radius 3 is 2.05 bits per heavy atom. The normalized spacial score (nSPS) is 20.7. The lowest BCUT2D eigenvalue weighted by molar-refractivity contribution is -0.160. The van der Waals surface area contributed by atoms with Crippen molar-refractivity contribution in [2.24, 2.45) is 10.8 Å². The zero-order valence-electron chi connectivity index (χ0n) is 26.1. The fourth-order valence-corrected chi connectivity index (χ4v) is 7.33. The van der Waals surface area contributed by atoms with Gasteiger partial charge in [0, 0.05) is 47.0 Å². The van der Waals surface area contributed by atoms with Crippen LogP contribution < -0.4 is 4.90 Å². The third-order valence-corrected chi connectivity index (χ3v) is 12.5. The van der Waals surface area contributed by atoms with Gasteiger partial charge in [0.15, 0.2) is 5.65 Å². The number of carboxylic acids is 1. The molecule has 0 bridgehead atoms. The number of anilines is 1. The Morgan fingerprint density at radius 1 is 1.07 bits per heavy atom. The molecule has 0 amide bonds. The molecule has 0 aliphatic heterocycles. The summed E-state index contributed by atoms with van der Waals surface area (Å²) in [5, 5.41) is 14.9. The molecule has 2 aromatic rings. The van der Waals surface area contributed by atoms with Crippen LogP contribution in [0.15, 0.2) is 12.3 Å². The summed E-state index contributed by atoms with van der Waals surface area (Å²) in [5.41, 5.74) is 0.822. The number of ether oxygens (including phenoxy) is 2. The zero-order chi connectivity index (χ0) is 29.9. The molecule has 2 aromatic heterocycles. The molecular weight excluding hydrogens is 651 g/mol. The fraction of sp³-hybridized carbons (Fsp3) is 0.759. The predicted octanol–water partition coefficient (Wildman–Crippen LogP) is 7.54. The first-order valence-electron chi connectivity index (χ1n) is 14.6. The molecule has 2 heterocycles. The van der Waals surface area contributed by atoms with Crippen LogP contribution in [-0.4, -0.2) is 68.5 Å². The minimum Gasteiger partial charge on any atom is -0.481 e. The number of aromatic nitrogens is 3. The molecule has 1 N–H and O–H groups in total. The lowest BCUT2D eigenvalue weighted by atomic mass is 9.57. The molecule has 1 aliphatic rings. The zero-order valence-corrected chi connectivity index (χ0v) is 30.3. The molecule has 11 heteroatoms. The molecule has 1 saturated carbocycles. The highest BCUT2D eigenvalue weighted by Crippen LogP contribution is 2.53. The highest BCUT2D eigenvalue weighted by atomic mass is 127. The van der Waals surface area contributed by atoms with Gasteiger partial charge < -0.3 is 19.5 Å². The Hall–Kier alpha value is -1.03. The van der Waals surface area contributed by atoms with Gasteiger partial charge >= 0.3 is 5.97 Å². The number of aliphatic carboxylic acids is 1. The monoisotopic (exact) mass is 702 g/mol. The second-order valence-corrected chi connectivity index (χ2v) is 27.3. The Morgan fingerprint density at radius 2 is 1.60 bits per heavy atom. The van der Waals surface area contributed by atoms with E-state index in [1.807, 2.05) is 10.7 Å². The van der Waals surface area contributed by atoms with Crippen LogP contribution >= 0.6 is 22.6 Å². The van der Waals surface area contributed by atoms with Gasteiger partial charge in [-0.25, -0.2) is 4.98 Å². The second kappa shape index (κ2) is 13.1. The molecule has 0 spiro atoms. The summed E-state index contributed by atoms with van der Waals surface area (Å²) in [4.78, 5) is 19.6. The average molecular weight is 703 g/mol. The largest absolute Gasteiger partial charge is 0.481 e. The summed E-state index contributed by atoms with van der Waals surface area (Å²) >= 11 is 2.30. The van der Waals surface area contributed by atoms with E-state index in [1.54, 1.807) is 0 Å². The molecule has 0 unspecified atom stereocenters. The summed E-state index contributed by atoms with van der Waals surface area (Å²) in [6, 6.07) is 4.35. The molecule has 40 heavy (non-hydrogen) atoms. The van der Waals surface area contributed by atoms with Crippen molar-refractivity contribution in [2.45, 2.75) is 104 Å². The van der Waals surface area contributed by atoms with E-state index in [2.05, 4.69) is 98.7 Å². The van der Waals surface area contributed by atoms with Gasteiger partial charge in [-0.2, -0.15) is 9.61 Å². The van der Waals surface area contributed by atoms with Gasteiger partial charge in [-0.1, -0.05) is 60.1 Å². The maximum atomic E-state index is 12.4. The predicted molar refractivity (Wildman–Crippen MR) is 177 cm³/mol. The Balaban J connectivity index is 1.89. The van der Waals surface area contributed by atoms with E-state index in [-0.39, 0.29) is 11.3 Å². The Bertz CT molecular complexity index is 1120. The van der Waals surface area contributed by atoms with E-state index in [9.17, 15) is 9.90 Å². The van der Waals surface area contributed by atoms with Crippen LogP contribution in [0, 0.1) is 14.4 Å². The second-order valence-electron chi connectivity index (χ2n) is 14.9.